The van der Waals surface area contributed by atoms with Gasteiger partial charge in [-0.05, 0) is 13.0 Å². The van der Waals surface area contributed by atoms with Crippen molar-refractivity contribution in [3.63, 3.8) is 0 Å². The van der Waals surface area contributed by atoms with E-state index in [-0.39, 0.29) is 24.7 Å². The highest BCUT2D eigenvalue weighted by molar-refractivity contribution is 7.13. The molecule has 1 aromatic heterocycles. The molecule has 0 atom stereocenters. The number of amides is 1. The SMILES string of the molecule is Cc1ccc(-c2nc(CC(=O)NCc3ccccc3F)cs2)cc1. The zero-order valence-electron chi connectivity index (χ0n) is 13.3. The Kier molecular flexibility index (Phi) is 5.01. The number of hydrogen-bond donors (Lipinski definition) is 1. The summed E-state index contributed by atoms with van der Waals surface area (Å²) in [5.74, 6) is -0.480. The number of nitrogens with one attached hydrogen (secondary N) is 1. The fourth-order valence-corrected chi connectivity index (χ4v) is 3.11. The quantitative estimate of drug-likeness (QED) is 0.759. The maximum absolute atomic E-state index is 13.5. The molecule has 3 aromatic rings. The van der Waals surface area contributed by atoms with Crippen molar-refractivity contribution in [2.75, 3.05) is 0 Å². The number of rotatable bonds is 5. The molecule has 0 saturated heterocycles. The monoisotopic (exact) mass is 340 g/mol. The first-order valence-corrected chi connectivity index (χ1v) is 8.51. The second-order valence-corrected chi connectivity index (χ2v) is 6.41. The number of thiazole rings is 1. The maximum atomic E-state index is 13.5. The van der Waals surface area contributed by atoms with Gasteiger partial charge in [-0.2, -0.15) is 0 Å². The van der Waals surface area contributed by atoms with E-state index in [1.165, 1.54) is 23.0 Å². The molecular formula is C19H17FN2OS. The first-order chi connectivity index (χ1) is 11.6. The van der Waals surface area contributed by atoms with Gasteiger partial charge in [-0.25, -0.2) is 9.37 Å². The largest absolute Gasteiger partial charge is 0.352 e. The molecule has 0 aliphatic heterocycles. The fourth-order valence-electron chi connectivity index (χ4n) is 2.28. The van der Waals surface area contributed by atoms with Crippen LogP contribution in [0.5, 0.6) is 0 Å². The predicted molar refractivity (Wildman–Crippen MR) is 94.2 cm³/mol. The number of aromatic nitrogens is 1. The minimum Gasteiger partial charge on any atom is -0.352 e. The second-order valence-electron chi connectivity index (χ2n) is 5.55. The Morgan fingerprint density at radius 2 is 1.92 bits per heavy atom. The van der Waals surface area contributed by atoms with Gasteiger partial charge >= 0.3 is 0 Å². The summed E-state index contributed by atoms with van der Waals surface area (Å²) in [7, 11) is 0. The molecule has 0 fully saturated rings. The van der Waals surface area contributed by atoms with Crippen LogP contribution in [-0.2, 0) is 17.8 Å². The average Bonchev–Trinajstić information content (AvgIpc) is 3.03. The van der Waals surface area contributed by atoms with Crippen LogP contribution in [0.3, 0.4) is 0 Å². The van der Waals surface area contributed by atoms with Crippen LogP contribution in [0, 0.1) is 12.7 Å². The number of carbonyl (C=O) groups is 1. The molecule has 0 saturated carbocycles. The highest BCUT2D eigenvalue weighted by atomic mass is 32.1. The average molecular weight is 340 g/mol. The minimum atomic E-state index is -0.312. The van der Waals surface area contributed by atoms with Gasteiger partial charge in [0, 0.05) is 23.1 Å². The number of hydrogen-bond acceptors (Lipinski definition) is 3. The first kappa shape index (κ1) is 16.3. The van der Waals surface area contributed by atoms with E-state index in [0.717, 1.165) is 16.3 Å². The van der Waals surface area contributed by atoms with Crippen molar-refractivity contribution in [2.45, 2.75) is 19.9 Å². The predicted octanol–water partition coefficient (Wildman–Crippen LogP) is 4.12. The smallest absolute Gasteiger partial charge is 0.226 e. The Balaban J connectivity index is 1.59. The third kappa shape index (κ3) is 4.06. The highest BCUT2D eigenvalue weighted by Gasteiger charge is 2.10. The van der Waals surface area contributed by atoms with Crippen LogP contribution in [0.15, 0.2) is 53.9 Å². The van der Waals surface area contributed by atoms with Gasteiger partial charge < -0.3 is 5.32 Å². The summed E-state index contributed by atoms with van der Waals surface area (Å²) in [6.07, 6.45) is 0.191. The van der Waals surface area contributed by atoms with Gasteiger partial charge in [-0.1, -0.05) is 48.0 Å². The van der Waals surface area contributed by atoms with Crippen molar-refractivity contribution in [1.82, 2.24) is 10.3 Å². The van der Waals surface area contributed by atoms with Crippen molar-refractivity contribution >= 4 is 17.2 Å². The highest BCUT2D eigenvalue weighted by Crippen LogP contribution is 2.24. The minimum absolute atomic E-state index is 0.168. The van der Waals surface area contributed by atoms with Gasteiger partial charge in [-0.3, -0.25) is 4.79 Å². The van der Waals surface area contributed by atoms with Crippen LogP contribution in [0.4, 0.5) is 4.39 Å². The molecule has 3 nitrogen and oxygen atoms in total. The van der Waals surface area contributed by atoms with E-state index >= 15 is 0 Å². The lowest BCUT2D eigenvalue weighted by molar-refractivity contribution is -0.120. The van der Waals surface area contributed by atoms with E-state index in [1.54, 1.807) is 18.2 Å². The van der Waals surface area contributed by atoms with Crippen LogP contribution >= 0.6 is 11.3 Å². The molecule has 2 aromatic carbocycles. The molecule has 0 aliphatic carbocycles. The van der Waals surface area contributed by atoms with Crippen molar-refractivity contribution in [2.24, 2.45) is 0 Å². The van der Waals surface area contributed by atoms with Gasteiger partial charge in [0.05, 0.1) is 12.1 Å². The molecule has 3 rings (SSSR count). The second kappa shape index (κ2) is 7.36. The molecule has 0 bridgehead atoms. The summed E-state index contributed by atoms with van der Waals surface area (Å²) >= 11 is 1.52. The molecule has 0 radical (unpaired) electrons. The topological polar surface area (TPSA) is 42.0 Å². The molecule has 0 unspecified atom stereocenters. The first-order valence-electron chi connectivity index (χ1n) is 7.63. The van der Waals surface area contributed by atoms with E-state index in [9.17, 15) is 9.18 Å². The molecule has 5 heteroatoms. The third-order valence-corrected chi connectivity index (χ3v) is 4.57. The molecule has 122 valence electrons. The maximum Gasteiger partial charge on any atom is 0.226 e. The Bertz CT molecular complexity index is 843. The van der Waals surface area contributed by atoms with Crippen LogP contribution in [-0.4, -0.2) is 10.9 Å². The zero-order chi connectivity index (χ0) is 16.9. The van der Waals surface area contributed by atoms with E-state index in [1.807, 2.05) is 36.6 Å². The van der Waals surface area contributed by atoms with Gasteiger partial charge in [0.15, 0.2) is 0 Å². The van der Waals surface area contributed by atoms with Gasteiger partial charge in [0.2, 0.25) is 5.91 Å². The lowest BCUT2D eigenvalue weighted by atomic mass is 10.2. The lowest BCUT2D eigenvalue weighted by Crippen LogP contribution is -2.25. The number of halogens is 1. The van der Waals surface area contributed by atoms with Gasteiger partial charge in [0.25, 0.3) is 0 Å². The van der Waals surface area contributed by atoms with Gasteiger partial charge in [-0.15, -0.1) is 11.3 Å². The Morgan fingerprint density at radius 3 is 2.67 bits per heavy atom. The van der Waals surface area contributed by atoms with E-state index in [0.29, 0.717) is 5.56 Å². The van der Waals surface area contributed by atoms with Crippen molar-refractivity contribution < 1.29 is 9.18 Å². The van der Waals surface area contributed by atoms with E-state index in [4.69, 9.17) is 0 Å². The van der Waals surface area contributed by atoms with Crippen molar-refractivity contribution in [3.8, 4) is 10.6 Å². The molecule has 1 amide bonds. The molecular weight excluding hydrogens is 323 g/mol. The third-order valence-electron chi connectivity index (χ3n) is 3.63. The van der Waals surface area contributed by atoms with Crippen molar-refractivity contribution in [1.29, 1.82) is 0 Å². The molecule has 1 heterocycles. The van der Waals surface area contributed by atoms with Crippen molar-refractivity contribution in [3.05, 3.63) is 76.5 Å². The molecule has 0 spiro atoms. The lowest BCUT2D eigenvalue weighted by Gasteiger charge is -2.05. The zero-order valence-corrected chi connectivity index (χ0v) is 14.1. The standard InChI is InChI=1S/C19H17FN2OS/c1-13-6-8-14(9-7-13)19-22-16(12-24-19)10-18(23)21-11-15-4-2-3-5-17(15)20/h2-9,12H,10-11H2,1H3,(H,21,23). The fraction of sp³-hybridized carbons (Fsp3) is 0.158. The molecule has 24 heavy (non-hydrogen) atoms. The number of carbonyl (C=O) groups excluding carboxylic acids is 1. The van der Waals surface area contributed by atoms with Crippen LogP contribution in [0.1, 0.15) is 16.8 Å². The normalized spacial score (nSPS) is 10.6. The van der Waals surface area contributed by atoms with Crippen LogP contribution in [0.2, 0.25) is 0 Å². The van der Waals surface area contributed by atoms with E-state index in [2.05, 4.69) is 10.3 Å². The van der Waals surface area contributed by atoms with Crippen LogP contribution < -0.4 is 5.32 Å². The van der Waals surface area contributed by atoms with E-state index < -0.39 is 0 Å². The summed E-state index contributed by atoms with van der Waals surface area (Å²) in [6.45, 7) is 2.22. The van der Waals surface area contributed by atoms with Gasteiger partial charge in [0.1, 0.15) is 10.8 Å². The Hall–Kier alpha value is -2.53. The Labute approximate surface area is 144 Å². The number of nitrogens with zero attached hydrogens (tertiary/aromatic N) is 1. The Morgan fingerprint density at radius 1 is 1.17 bits per heavy atom. The summed E-state index contributed by atoms with van der Waals surface area (Å²) in [4.78, 5) is 16.5. The van der Waals surface area contributed by atoms with Crippen LogP contribution in [0.25, 0.3) is 10.6 Å². The summed E-state index contributed by atoms with van der Waals surface area (Å²) in [5, 5.41) is 5.51. The number of aryl methyl sites for hydroxylation is 1. The summed E-state index contributed by atoms with van der Waals surface area (Å²) < 4.78 is 13.5. The summed E-state index contributed by atoms with van der Waals surface area (Å²) in [6, 6.07) is 14.5. The summed E-state index contributed by atoms with van der Waals surface area (Å²) in [5.41, 5.74) is 3.44. The molecule has 0 aliphatic rings. The molecule has 1 N–H and O–H groups in total. The number of benzene rings is 2.